The molecule has 0 aliphatic carbocycles. The molecule has 0 aliphatic heterocycles. The van der Waals surface area contributed by atoms with Gasteiger partial charge in [0, 0.05) is 0 Å². The van der Waals surface area contributed by atoms with Gasteiger partial charge in [0.25, 0.3) is 0 Å². The zero-order valence-electron chi connectivity index (χ0n) is 38.6. The van der Waals surface area contributed by atoms with E-state index in [0.717, 1.165) is 38.5 Å². The van der Waals surface area contributed by atoms with Crippen LogP contribution in [0.1, 0.15) is 290 Å². The minimum atomic E-state index is -1.25. The molecule has 6 nitrogen and oxygen atoms in total. The second kappa shape index (κ2) is 46.4. The van der Waals surface area contributed by atoms with Gasteiger partial charge >= 0.3 is 0 Å². The van der Waals surface area contributed by atoms with Crippen LogP contribution in [0.15, 0.2) is 0 Å². The van der Waals surface area contributed by atoms with Gasteiger partial charge in [0.05, 0.1) is 18.8 Å². The highest BCUT2D eigenvalue weighted by Gasteiger charge is 2.28. The number of aliphatic hydroxyl groups is 4. The van der Waals surface area contributed by atoms with Crippen molar-refractivity contribution in [1.29, 1.82) is 0 Å². The van der Waals surface area contributed by atoms with Crippen molar-refractivity contribution in [2.75, 3.05) is 6.61 Å². The Kier molecular flexibility index (Phi) is 45.8. The van der Waals surface area contributed by atoms with E-state index >= 15 is 0 Å². The van der Waals surface area contributed by atoms with E-state index in [2.05, 4.69) is 19.2 Å². The van der Waals surface area contributed by atoms with E-state index in [1.165, 1.54) is 225 Å². The summed E-state index contributed by atoms with van der Waals surface area (Å²) in [5, 5.41) is 43.9. The topological polar surface area (TPSA) is 110 Å². The molecule has 0 saturated carbocycles. The molecule has 0 aromatic heterocycles. The first-order chi connectivity index (χ1) is 28.0. The maximum atomic E-state index is 12.6. The maximum absolute atomic E-state index is 12.6. The molecule has 0 bridgehead atoms. The SMILES string of the molecule is CCCCCCCCCCCCCCCCCCCCCCCCCC(O)C(=O)NC(CO)C(O)C(O)CCCCCCCCCCCCCCCCCCCC. The molecule has 0 aliphatic rings. The van der Waals surface area contributed by atoms with Gasteiger partial charge in [-0.1, -0.05) is 277 Å². The monoisotopic (exact) mass is 810 g/mol. The second-order valence-corrected chi connectivity index (χ2v) is 18.2. The molecule has 1 amide bonds. The van der Waals surface area contributed by atoms with Crippen LogP contribution in [0, 0.1) is 0 Å². The van der Waals surface area contributed by atoms with Crippen LogP contribution in [0.5, 0.6) is 0 Å². The number of nitrogens with one attached hydrogen (secondary N) is 1. The molecule has 6 heteroatoms. The van der Waals surface area contributed by atoms with Crippen molar-refractivity contribution in [3.63, 3.8) is 0 Å². The molecule has 4 unspecified atom stereocenters. The summed E-state index contributed by atoms with van der Waals surface area (Å²) in [5.41, 5.74) is 0. The molecule has 0 heterocycles. The molecule has 57 heavy (non-hydrogen) atoms. The van der Waals surface area contributed by atoms with Crippen LogP contribution in [0.3, 0.4) is 0 Å². The van der Waals surface area contributed by atoms with E-state index < -0.39 is 36.9 Å². The highest BCUT2D eigenvalue weighted by atomic mass is 16.3. The molecule has 5 N–H and O–H groups in total. The second-order valence-electron chi connectivity index (χ2n) is 18.2. The summed E-state index contributed by atoms with van der Waals surface area (Å²) in [6.07, 6.45) is 51.5. The summed E-state index contributed by atoms with van der Waals surface area (Å²) in [7, 11) is 0. The number of hydrogen-bond acceptors (Lipinski definition) is 5. The quantitative estimate of drug-likeness (QED) is 0.0393. The Morgan fingerprint density at radius 1 is 0.368 bits per heavy atom. The van der Waals surface area contributed by atoms with E-state index in [1.807, 2.05) is 0 Å². The summed E-state index contributed by atoms with van der Waals surface area (Å²) < 4.78 is 0. The summed E-state index contributed by atoms with van der Waals surface area (Å²) >= 11 is 0. The molecule has 0 aromatic carbocycles. The molecule has 0 aromatic rings. The van der Waals surface area contributed by atoms with Crippen LogP contribution in [-0.2, 0) is 4.79 Å². The standard InChI is InChI=1S/C51H103NO5/c1-3-5-7-9-11-13-15-17-19-21-23-24-25-26-27-29-31-33-35-37-39-41-43-45-49(55)51(57)52-47(46-53)50(56)48(54)44-42-40-38-36-34-32-30-28-22-20-18-16-14-12-10-8-6-4-2/h47-50,53-56H,3-46H2,1-2H3,(H,52,57). The zero-order chi connectivity index (χ0) is 41.7. The first kappa shape index (κ1) is 56.3. The highest BCUT2D eigenvalue weighted by Crippen LogP contribution is 2.18. The fraction of sp³-hybridized carbons (Fsp3) is 0.980. The Balaban J connectivity index is 3.62. The average molecular weight is 810 g/mol. The predicted octanol–water partition coefficient (Wildman–Crippen LogP) is 14.4. The summed E-state index contributed by atoms with van der Waals surface area (Å²) in [6, 6.07) is -0.980. The molecule has 0 spiro atoms. The van der Waals surface area contributed by atoms with Crippen LogP contribution in [0.25, 0.3) is 0 Å². The molecule has 0 radical (unpaired) electrons. The molecule has 342 valence electrons. The number of unbranched alkanes of at least 4 members (excludes halogenated alkanes) is 39. The van der Waals surface area contributed by atoms with Gasteiger partial charge in [0.1, 0.15) is 12.2 Å². The van der Waals surface area contributed by atoms with Crippen molar-refractivity contribution < 1.29 is 25.2 Å². The van der Waals surface area contributed by atoms with Gasteiger partial charge < -0.3 is 25.7 Å². The summed E-state index contributed by atoms with van der Waals surface area (Å²) in [4.78, 5) is 12.6. The Morgan fingerprint density at radius 2 is 0.596 bits per heavy atom. The summed E-state index contributed by atoms with van der Waals surface area (Å²) in [6.45, 7) is 4.09. The van der Waals surface area contributed by atoms with Gasteiger partial charge in [-0.3, -0.25) is 4.79 Å². The van der Waals surface area contributed by atoms with E-state index in [4.69, 9.17) is 0 Å². The zero-order valence-corrected chi connectivity index (χ0v) is 38.6. The lowest BCUT2D eigenvalue weighted by molar-refractivity contribution is -0.132. The van der Waals surface area contributed by atoms with Gasteiger partial charge in [-0.25, -0.2) is 0 Å². The Morgan fingerprint density at radius 3 is 0.842 bits per heavy atom. The average Bonchev–Trinajstić information content (AvgIpc) is 3.22. The lowest BCUT2D eigenvalue weighted by atomic mass is 9.99. The largest absolute Gasteiger partial charge is 0.394 e. The number of rotatable bonds is 48. The van der Waals surface area contributed by atoms with Gasteiger partial charge in [0.2, 0.25) is 5.91 Å². The van der Waals surface area contributed by atoms with Crippen molar-refractivity contribution in [3.8, 4) is 0 Å². The van der Waals surface area contributed by atoms with Crippen molar-refractivity contribution in [3.05, 3.63) is 0 Å². The van der Waals surface area contributed by atoms with Crippen LogP contribution >= 0.6 is 0 Å². The van der Waals surface area contributed by atoms with Crippen LogP contribution < -0.4 is 5.32 Å². The maximum Gasteiger partial charge on any atom is 0.249 e. The van der Waals surface area contributed by atoms with Crippen molar-refractivity contribution in [1.82, 2.24) is 5.32 Å². The number of aliphatic hydroxyl groups excluding tert-OH is 4. The molecular weight excluding hydrogens is 707 g/mol. The lowest BCUT2D eigenvalue weighted by Gasteiger charge is -2.27. The van der Waals surface area contributed by atoms with Crippen LogP contribution in [-0.4, -0.2) is 57.3 Å². The summed E-state index contributed by atoms with van der Waals surface area (Å²) in [5.74, 6) is -0.577. The van der Waals surface area contributed by atoms with Crippen molar-refractivity contribution >= 4 is 5.91 Å². The first-order valence-corrected chi connectivity index (χ1v) is 25.9. The number of carbonyl (C=O) groups excluding carboxylic acids is 1. The normalized spacial score (nSPS) is 13.9. The van der Waals surface area contributed by atoms with Crippen LogP contribution in [0.4, 0.5) is 0 Å². The minimum absolute atomic E-state index is 0.376. The van der Waals surface area contributed by atoms with Crippen LogP contribution in [0.2, 0.25) is 0 Å². The predicted molar refractivity (Wildman–Crippen MR) is 247 cm³/mol. The third-order valence-electron chi connectivity index (χ3n) is 12.6. The molecule has 0 fully saturated rings. The smallest absolute Gasteiger partial charge is 0.249 e. The fourth-order valence-electron chi connectivity index (χ4n) is 8.47. The van der Waals surface area contributed by atoms with Gasteiger partial charge in [-0.2, -0.15) is 0 Å². The third-order valence-corrected chi connectivity index (χ3v) is 12.6. The van der Waals surface area contributed by atoms with Crippen molar-refractivity contribution in [2.24, 2.45) is 0 Å². The Labute approximate surface area is 356 Å². The molecule has 4 atom stereocenters. The molecular formula is C51H103NO5. The van der Waals surface area contributed by atoms with E-state index in [1.54, 1.807) is 0 Å². The number of amides is 1. The fourth-order valence-corrected chi connectivity index (χ4v) is 8.47. The lowest BCUT2D eigenvalue weighted by Crippen LogP contribution is -2.53. The molecule has 0 saturated heterocycles. The van der Waals surface area contributed by atoms with Gasteiger partial charge in [0.15, 0.2) is 0 Å². The van der Waals surface area contributed by atoms with Gasteiger partial charge in [-0.15, -0.1) is 0 Å². The first-order valence-electron chi connectivity index (χ1n) is 25.9. The highest BCUT2D eigenvalue weighted by molar-refractivity contribution is 5.80. The molecule has 0 rings (SSSR count). The Bertz CT molecular complexity index is 781. The van der Waals surface area contributed by atoms with Gasteiger partial charge in [-0.05, 0) is 12.8 Å². The van der Waals surface area contributed by atoms with E-state index in [-0.39, 0.29) is 0 Å². The Hall–Kier alpha value is -0.690. The minimum Gasteiger partial charge on any atom is -0.394 e. The van der Waals surface area contributed by atoms with E-state index in [0.29, 0.717) is 12.8 Å². The number of hydrogen-bond donors (Lipinski definition) is 5. The third kappa shape index (κ3) is 40.5. The number of carbonyl (C=O) groups is 1. The van der Waals surface area contributed by atoms with E-state index in [9.17, 15) is 25.2 Å². The van der Waals surface area contributed by atoms with Crippen molar-refractivity contribution in [2.45, 2.75) is 314 Å².